The summed E-state index contributed by atoms with van der Waals surface area (Å²) >= 11 is 0. The average molecular weight is 175 g/mol. The summed E-state index contributed by atoms with van der Waals surface area (Å²) in [5.41, 5.74) is 3.07. The molecule has 1 heteroatoms. The summed E-state index contributed by atoms with van der Waals surface area (Å²) < 4.78 is 0. The van der Waals surface area contributed by atoms with E-state index in [-0.39, 0.29) is 0 Å². The fourth-order valence-corrected chi connectivity index (χ4v) is 2.04. The fourth-order valence-electron chi connectivity index (χ4n) is 2.04. The lowest BCUT2D eigenvalue weighted by atomic mass is 10.00. The van der Waals surface area contributed by atoms with Gasteiger partial charge in [0, 0.05) is 6.04 Å². The minimum Gasteiger partial charge on any atom is -0.313 e. The second-order valence-electron chi connectivity index (χ2n) is 3.78. The molecule has 0 saturated carbocycles. The second kappa shape index (κ2) is 3.93. The topological polar surface area (TPSA) is 12.0 Å². The van der Waals surface area contributed by atoms with Gasteiger partial charge in [0.15, 0.2) is 0 Å². The molecule has 1 aromatic carbocycles. The van der Waals surface area contributed by atoms with E-state index in [0.717, 1.165) is 6.54 Å². The largest absolute Gasteiger partial charge is 0.313 e. The smallest absolute Gasteiger partial charge is 0.0105 e. The lowest BCUT2D eigenvalue weighted by Gasteiger charge is -2.12. The maximum atomic E-state index is 3.58. The van der Waals surface area contributed by atoms with Crippen LogP contribution in [0.5, 0.6) is 0 Å². The first kappa shape index (κ1) is 8.76. The van der Waals surface area contributed by atoms with Crippen LogP contribution >= 0.6 is 0 Å². The van der Waals surface area contributed by atoms with Crippen LogP contribution in [0.25, 0.3) is 0 Å². The minimum absolute atomic E-state index is 0.684. The third-order valence-corrected chi connectivity index (χ3v) is 2.90. The predicted octanol–water partition coefficient (Wildman–Crippen LogP) is 2.15. The summed E-state index contributed by atoms with van der Waals surface area (Å²) in [6, 6.07) is 9.51. The maximum Gasteiger partial charge on any atom is 0.0105 e. The van der Waals surface area contributed by atoms with Gasteiger partial charge in [-0.1, -0.05) is 31.2 Å². The van der Waals surface area contributed by atoms with E-state index in [2.05, 4.69) is 36.5 Å². The molecule has 2 rings (SSSR count). The van der Waals surface area contributed by atoms with Crippen LogP contribution in [-0.4, -0.2) is 12.6 Å². The van der Waals surface area contributed by atoms with E-state index in [1.54, 1.807) is 5.56 Å². The molecule has 0 aromatic heterocycles. The molecular formula is C12H17N. The molecule has 13 heavy (non-hydrogen) atoms. The summed E-state index contributed by atoms with van der Waals surface area (Å²) in [6.07, 6.45) is 3.62. The molecule has 1 aromatic rings. The van der Waals surface area contributed by atoms with E-state index in [1.165, 1.54) is 24.8 Å². The molecule has 1 nitrogen and oxygen atoms in total. The Hall–Kier alpha value is -0.820. The maximum absolute atomic E-state index is 3.58. The molecule has 0 fully saturated rings. The van der Waals surface area contributed by atoms with E-state index in [9.17, 15) is 0 Å². The van der Waals surface area contributed by atoms with Gasteiger partial charge in [0.1, 0.15) is 0 Å². The zero-order valence-electron chi connectivity index (χ0n) is 8.22. The van der Waals surface area contributed by atoms with Crippen molar-refractivity contribution in [1.29, 1.82) is 0 Å². The minimum atomic E-state index is 0.684. The van der Waals surface area contributed by atoms with Gasteiger partial charge in [-0.25, -0.2) is 0 Å². The summed E-state index contributed by atoms with van der Waals surface area (Å²) in [5.74, 6) is 0. The summed E-state index contributed by atoms with van der Waals surface area (Å²) in [5, 5.41) is 3.58. The predicted molar refractivity (Wildman–Crippen MR) is 55.9 cm³/mol. The highest BCUT2D eigenvalue weighted by Crippen LogP contribution is 2.15. The van der Waals surface area contributed by atoms with E-state index < -0.39 is 0 Å². The first-order valence-corrected chi connectivity index (χ1v) is 5.20. The van der Waals surface area contributed by atoms with Crippen LogP contribution < -0.4 is 5.32 Å². The van der Waals surface area contributed by atoms with Crippen molar-refractivity contribution in [3.05, 3.63) is 35.4 Å². The van der Waals surface area contributed by atoms with Gasteiger partial charge in [-0.3, -0.25) is 0 Å². The third-order valence-electron chi connectivity index (χ3n) is 2.90. The quantitative estimate of drug-likeness (QED) is 0.689. The molecular weight excluding hydrogens is 158 g/mol. The van der Waals surface area contributed by atoms with Crippen molar-refractivity contribution in [3.8, 4) is 0 Å². The van der Waals surface area contributed by atoms with E-state index in [1.807, 2.05) is 0 Å². The van der Waals surface area contributed by atoms with Gasteiger partial charge in [-0.15, -0.1) is 0 Å². The van der Waals surface area contributed by atoms with Gasteiger partial charge in [-0.05, 0) is 36.9 Å². The standard InChI is InChI=1S/C12H17N/c1-2-12-9-11-6-4-3-5-10(11)7-8-13-12/h3-6,12-13H,2,7-9H2,1H3. The fraction of sp³-hybridized carbons (Fsp3) is 0.500. The molecule has 0 saturated heterocycles. The van der Waals surface area contributed by atoms with Crippen LogP contribution in [0.1, 0.15) is 24.5 Å². The van der Waals surface area contributed by atoms with Crippen LogP contribution in [0.2, 0.25) is 0 Å². The van der Waals surface area contributed by atoms with Crippen LogP contribution in [0, 0.1) is 0 Å². The Labute approximate surface area is 80.2 Å². The first-order valence-electron chi connectivity index (χ1n) is 5.20. The number of nitrogens with one attached hydrogen (secondary N) is 1. The highest BCUT2D eigenvalue weighted by molar-refractivity contribution is 5.29. The molecule has 0 radical (unpaired) electrons. The molecule has 1 heterocycles. The zero-order chi connectivity index (χ0) is 9.10. The number of benzene rings is 1. The van der Waals surface area contributed by atoms with Crippen molar-refractivity contribution in [1.82, 2.24) is 5.32 Å². The van der Waals surface area contributed by atoms with Gasteiger partial charge in [0.2, 0.25) is 0 Å². The highest BCUT2D eigenvalue weighted by Gasteiger charge is 2.13. The Morgan fingerprint density at radius 3 is 2.85 bits per heavy atom. The van der Waals surface area contributed by atoms with Crippen molar-refractivity contribution >= 4 is 0 Å². The van der Waals surface area contributed by atoms with Crippen molar-refractivity contribution in [3.63, 3.8) is 0 Å². The van der Waals surface area contributed by atoms with Crippen molar-refractivity contribution < 1.29 is 0 Å². The van der Waals surface area contributed by atoms with Gasteiger partial charge in [-0.2, -0.15) is 0 Å². The Balaban J connectivity index is 2.23. The van der Waals surface area contributed by atoms with Gasteiger partial charge >= 0.3 is 0 Å². The Kier molecular flexibility index (Phi) is 2.65. The third kappa shape index (κ3) is 1.92. The lowest BCUT2D eigenvalue weighted by Crippen LogP contribution is -2.29. The van der Waals surface area contributed by atoms with Gasteiger partial charge in [0.05, 0.1) is 0 Å². The Morgan fingerprint density at radius 1 is 1.31 bits per heavy atom. The number of hydrogen-bond acceptors (Lipinski definition) is 1. The highest BCUT2D eigenvalue weighted by atomic mass is 14.9. The molecule has 0 amide bonds. The molecule has 0 spiro atoms. The number of hydrogen-bond donors (Lipinski definition) is 1. The van der Waals surface area contributed by atoms with Crippen LogP contribution in [-0.2, 0) is 12.8 Å². The van der Waals surface area contributed by atoms with Crippen molar-refractivity contribution in [2.45, 2.75) is 32.2 Å². The van der Waals surface area contributed by atoms with E-state index >= 15 is 0 Å². The second-order valence-corrected chi connectivity index (χ2v) is 3.78. The van der Waals surface area contributed by atoms with Gasteiger partial charge in [0.25, 0.3) is 0 Å². The molecule has 1 aliphatic heterocycles. The lowest BCUT2D eigenvalue weighted by molar-refractivity contribution is 0.513. The molecule has 1 atom stereocenters. The molecule has 1 aliphatic rings. The molecule has 70 valence electrons. The molecule has 1 unspecified atom stereocenters. The summed E-state index contributed by atoms with van der Waals surface area (Å²) in [4.78, 5) is 0. The number of fused-ring (bicyclic) bond motifs is 1. The summed E-state index contributed by atoms with van der Waals surface area (Å²) in [6.45, 7) is 3.39. The van der Waals surface area contributed by atoms with Crippen LogP contribution in [0.3, 0.4) is 0 Å². The van der Waals surface area contributed by atoms with Crippen molar-refractivity contribution in [2.24, 2.45) is 0 Å². The SMILES string of the molecule is CCC1Cc2ccccc2CCN1. The first-order chi connectivity index (χ1) is 6.40. The van der Waals surface area contributed by atoms with Crippen LogP contribution in [0.4, 0.5) is 0 Å². The van der Waals surface area contributed by atoms with Crippen LogP contribution in [0.15, 0.2) is 24.3 Å². The Bertz CT molecular complexity index is 280. The summed E-state index contributed by atoms with van der Waals surface area (Å²) in [7, 11) is 0. The molecule has 0 bridgehead atoms. The molecule has 1 N–H and O–H groups in total. The monoisotopic (exact) mass is 175 g/mol. The average Bonchev–Trinajstić information content (AvgIpc) is 2.38. The van der Waals surface area contributed by atoms with E-state index in [4.69, 9.17) is 0 Å². The molecule has 0 aliphatic carbocycles. The van der Waals surface area contributed by atoms with Gasteiger partial charge < -0.3 is 5.32 Å². The Morgan fingerprint density at radius 2 is 2.08 bits per heavy atom. The number of rotatable bonds is 1. The van der Waals surface area contributed by atoms with Crippen molar-refractivity contribution in [2.75, 3.05) is 6.54 Å². The normalized spacial score (nSPS) is 22.1. The van der Waals surface area contributed by atoms with E-state index in [0.29, 0.717) is 6.04 Å². The zero-order valence-corrected chi connectivity index (χ0v) is 8.22.